The highest BCUT2D eigenvalue weighted by atomic mass is 79.9. The highest BCUT2D eigenvalue weighted by Gasteiger charge is 2.31. The molecular weight excluding hydrogens is 273 g/mol. The van der Waals surface area contributed by atoms with E-state index in [1.54, 1.807) is 6.92 Å². The van der Waals surface area contributed by atoms with Crippen molar-refractivity contribution in [1.29, 1.82) is 0 Å². The number of hydrogen-bond donors (Lipinski definition) is 0. The molecule has 0 heterocycles. The van der Waals surface area contributed by atoms with E-state index in [2.05, 4.69) is 15.9 Å². The number of hydrogen-bond acceptors (Lipinski definition) is 1. The molecule has 0 aliphatic rings. The van der Waals surface area contributed by atoms with E-state index in [9.17, 15) is 18.0 Å². The quantitative estimate of drug-likeness (QED) is 0.597. The van der Waals surface area contributed by atoms with E-state index >= 15 is 0 Å². The van der Waals surface area contributed by atoms with Gasteiger partial charge in [0, 0.05) is 0 Å². The molecule has 0 fully saturated rings. The molecule has 0 spiro atoms. The fourth-order valence-electron chi connectivity index (χ4n) is 1.19. The summed E-state index contributed by atoms with van der Waals surface area (Å²) in [6, 6.07) is 3.35. The lowest BCUT2D eigenvalue weighted by Crippen LogP contribution is -2.07. The van der Waals surface area contributed by atoms with Crippen LogP contribution in [0.3, 0.4) is 0 Å². The summed E-state index contributed by atoms with van der Waals surface area (Å²) in [4.78, 5) is 9.80. The van der Waals surface area contributed by atoms with Crippen LogP contribution >= 0.6 is 15.9 Å². The van der Waals surface area contributed by atoms with Gasteiger partial charge in [0.2, 0.25) is 0 Å². The summed E-state index contributed by atoms with van der Waals surface area (Å²) < 4.78 is 37.1. The minimum atomic E-state index is -4.38. The maximum absolute atomic E-state index is 12.4. The Labute approximate surface area is 93.4 Å². The molecule has 15 heavy (non-hydrogen) atoms. The average molecular weight is 281 g/mol. The molecule has 0 bridgehead atoms. The molecule has 5 heteroatoms. The van der Waals surface area contributed by atoms with Gasteiger partial charge in [0.15, 0.2) is 0 Å². The standard InChI is InChI=1S/C10H8BrF3O/c1-6-2-3-7(10(12,13)14)4-8(6)9(11)5-15/h2-5,9H,1H3. The number of alkyl halides is 4. The largest absolute Gasteiger partial charge is 0.416 e. The Kier molecular flexibility index (Phi) is 3.54. The molecule has 1 nitrogen and oxygen atoms in total. The number of carbonyl (C=O) groups excluding carboxylic acids is 1. The average Bonchev–Trinajstić information content (AvgIpc) is 2.15. The third-order valence-corrected chi connectivity index (χ3v) is 2.73. The lowest BCUT2D eigenvalue weighted by atomic mass is 10.0. The normalized spacial score (nSPS) is 13.7. The van der Waals surface area contributed by atoms with Crippen molar-refractivity contribution in [2.75, 3.05) is 0 Å². The fourth-order valence-corrected chi connectivity index (χ4v) is 1.68. The van der Waals surface area contributed by atoms with Gasteiger partial charge in [-0.1, -0.05) is 22.0 Å². The van der Waals surface area contributed by atoms with E-state index in [0.29, 0.717) is 17.4 Å². The Morgan fingerprint density at radius 1 is 1.40 bits per heavy atom. The van der Waals surface area contributed by atoms with Gasteiger partial charge in [-0.3, -0.25) is 0 Å². The SMILES string of the molecule is Cc1ccc(C(F)(F)F)cc1C(Br)C=O. The summed E-state index contributed by atoms with van der Waals surface area (Å²) >= 11 is 3.00. The fraction of sp³-hybridized carbons (Fsp3) is 0.300. The Morgan fingerprint density at radius 3 is 2.47 bits per heavy atom. The first-order chi connectivity index (χ1) is 6.86. The second-order valence-electron chi connectivity index (χ2n) is 3.11. The molecule has 0 aromatic heterocycles. The molecule has 0 amide bonds. The number of benzene rings is 1. The topological polar surface area (TPSA) is 17.1 Å². The van der Waals surface area contributed by atoms with Crippen molar-refractivity contribution in [2.45, 2.75) is 17.9 Å². The molecule has 0 N–H and O–H groups in total. The third kappa shape index (κ3) is 2.81. The number of rotatable bonds is 2. The Hall–Kier alpha value is -0.840. The molecule has 0 saturated heterocycles. The molecule has 0 aliphatic carbocycles. The van der Waals surface area contributed by atoms with Gasteiger partial charge in [-0.05, 0) is 30.2 Å². The van der Waals surface area contributed by atoms with E-state index in [0.717, 1.165) is 12.1 Å². The number of carbonyl (C=O) groups is 1. The highest BCUT2D eigenvalue weighted by molar-refractivity contribution is 9.09. The van der Waals surface area contributed by atoms with Gasteiger partial charge in [0.1, 0.15) is 6.29 Å². The minimum Gasteiger partial charge on any atom is -0.302 e. The molecular formula is C10H8BrF3O. The monoisotopic (exact) mass is 280 g/mol. The van der Waals surface area contributed by atoms with Crippen LogP contribution in [0.15, 0.2) is 18.2 Å². The zero-order chi connectivity index (χ0) is 11.6. The van der Waals surface area contributed by atoms with Crippen molar-refractivity contribution in [1.82, 2.24) is 0 Å². The number of aryl methyl sites for hydroxylation is 1. The maximum Gasteiger partial charge on any atom is 0.416 e. The summed E-state index contributed by atoms with van der Waals surface area (Å²) in [5, 5.41) is 0. The Bertz CT molecular complexity index is 373. The van der Waals surface area contributed by atoms with Gasteiger partial charge in [0.05, 0.1) is 10.4 Å². The number of halogens is 4. The molecule has 1 aromatic carbocycles. The summed E-state index contributed by atoms with van der Waals surface area (Å²) in [5.74, 6) is 0. The number of aldehydes is 1. The van der Waals surface area contributed by atoms with Gasteiger partial charge >= 0.3 is 6.18 Å². The van der Waals surface area contributed by atoms with Gasteiger partial charge < -0.3 is 4.79 Å². The Morgan fingerprint density at radius 2 is 2.00 bits per heavy atom. The first-order valence-corrected chi connectivity index (χ1v) is 5.05. The first-order valence-electron chi connectivity index (χ1n) is 4.13. The molecule has 1 atom stereocenters. The molecule has 0 saturated carbocycles. The van der Waals surface area contributed by atoms with E-state index in [1.807, 2.05) is 0 Å². The van der Waals surface area contributed by atoms with Crippen molar-refractivity contribution in [2.24, 2.45) is 0 Å². The van der Waals surface area contributed by atoms with Crippen molar-refractivity contribution in [3.63, 3.8) is 0 Å². The van der Waals surface area contributed by atoms with E-state index in [1.165, 1.54) is 6.07 Å². The first kappa shape index (κ1) is 12.2. The Balaban J connectivity index is 3.22. The van der Waals surface area contributed by atoms with E-state index in [4.69, 9.17) is 0 Å². The van der Waals surface area contributed by atoms with Gasteiger partial charge in [-0.2, -0.15) is 13.2 Å². The van der Waals surface area contributed by atoms with Crippen LogP contribution in [-0.2, 0) is 11.0 Å². The van der Waals surface area contributed by atoms with Crippen LogP contribution in [0.5, 0.6) is 0 Å². The predicted octanol–water partition coefficient (Wildman–Crippen LogP) is 3.65. The van der Waals surface area contributed by atoms with Gasteiger partial charge in [0.25, 0.3) is 0 Å². The molecule has 1 aromatic rings. The van der Waals surface area contributed by atoms with Crippen LogP contribution in [-0.4, -0.2) is 6.29 Å². The van der Waals surface area contributed by atoms with Crippen molar-refractivity contribution >= 4 is 22.2 Å². The highest BCUT2D eigenvalue weighted by Crippen LogP contribution is 2.33. The van der Waals surface area contributed by atoms with Gasteiger partial charge in [-0.25, -0.2) is 0 Å². The van der Waals surface area contributed by atoms with Crippen LogP contribution in [0, 0.1) is 6.92 Å². The molecule has 0 radical (unpaired) electrons. The summed E-state index contributed by atoms with van der Waals surface area (Å²) in [5.41, 5.74) is 0.256. The third-order valence-electron chi connectivity index (χ3n) is 2.02. The smallest absolute Gasteiger partial charge is 0.302 e. The maximum atomic E-state index is 12.4. The van der Waals surface area contributed by atoms with Crippen LogP contribution in [0.25, 0.3) is 0 Å². The molecule has 0 aliphatic heterocycles. The summed E-state index contributed by atoms with van der Waals surface area (Å²) in [6.45, 7) is 1.66. The zero-order valence-electron chi connectivity index (χ0n) is 7.81. The van der Waals surface area contributed by atoms with Crippen LogP contribution in [0.4, 0.5) is 13.2 Å². The zero-order valence-corrected chi connectivity index (χ0v) is 9.39. The second-order valence-corrected chi connectivity index (χ2v) is 4.09. The van der Waals surface area contributed by atoms with Crippen molar-refractivity contribution in [3.05, 3.63) is 34.9 Å². The lowest BCUT2D eigenvalue weighted by molar-refractivity contribution is -0.137. The van der Waals surface area contributed by atoms with Crippen molar-refractivity contribution in [3.8, 4) is 0 Å². The minimum absolute atomic E-state index is 0.347. The van der Waals surface area contributed by atoms with Crippen LogP contribution in [0.1, 0.15) is 21.5 Å². The summed E-state index contributed by atoms with van der Waals surface area (Å²) in [7, 11) is 0. The summed E-state index contributed by atoms with van der Waals surface area (Å²) in [6.07, 6.45) is -3.82. The van der Waals surface area contributed by atoms with E-state index < -0.39 is 16.6 Å². The molecule has 1 unspecified atom stereocenters. The second kappa shape index (κ2) is 4.35. The van der Waals surface area contributed by atoms with Crippen LogP contribution in [0.2, 0.25) is 0 Å². The molecule has 82 valence electrons. The van der Waals surface area contributed by atoms with Crippen LogP contribution < -0.4 is 0 Å². The van der Waals surface area contributed by atoms with E-state index in [-0.39, 0.29) is 0 Å². The molecule has 1 rings (SSSR count). The predicted molar refractivity (Wildman–Crippen MR) is 53.9 cm³/mol. The van der Waals surface area contributed by atoms with Gasteiger partial charge in [-0.15, -0.1) is 0 Å². The van der Waals surface area contributed by atoms with Crippen molar-refractivity contribution < 1.29 is 18.0 Å². The lowest BCUT2D eigenvalue weighted by Gasteiger charge is -2.12.